The second-order valence-corrected chi connectivity index (χ2v) is 7.93. The molecule has 0 spiro atoms. The lowest BCUT2D eigenvalue weighted by Gasteiger charge is -2.12. The summed E-state index contributed by atoms with van der Waals surface area (Å²) in [6.07, 6.45) is 0. The van der Waals surface area contributed by atoms with Crippen LogP contribution in [0, 0.1) is 10.1 Å². The van der Waals surface area contributed by atoms with E-state index in [1.165, 1.54) is 41.7 Å². The van der Waals surface area contributed by atoms with Crippen LogP contribution in [0.3, 0.4) is 0 Å². The molecule has 3 aromatic carbocycles. The second kappa shape index (κ2) is 7.79. The fourth-order valence-electron chi connectivity index (χ4n) is 2.78. The van der Waals surface area contributed by atoms with Crippen LogP contribution in [0.25, 0.3) is 20.8 Å². The van der Waals surface area contributed by atoms with Crippen LogP contribution in [0.5, 0.6) is 0 Å². The van der Waals surface area contributed by atoms with E-state index in [4.69, 9.17) is 23.2 Å². The molecule has 1 heterocycles. The molecule has 1 amide bonds. The molecule has 144 valence electrons. The number of nitro groups is 1. The van der Waals surface area contributed by atoms with Crippen molar-refractivity contribution in [3.63, 3.8) is 0 Å². The van der Waals surface area contributed by atoms with Crippen LogP contribution in [0.4, 0.5) is 11.4 Å². The summed E-state index contributed by atoms with van der Waals surface area (Å²) in [4.78, 5) is 27.6. The average Bonchev–Trinajstić information content (AvgIpc) is 3.13. The van der Waals surface area contributed by atoms with Crippen molar-refractivity contribution < 1.29 is 9.72 Å². The Labute approximate surface area is 178 Å². The van der Waals surface area contributed by atoms with E-state index < -0.39 is 10.8 Å². The van der Waals surface area contributed by atoms with Crippen LogP contribution in [0.2, 0.25) is 10.0 Å². The molecule has 0 fully saturated rings. The number of nitrogens with one attached hydrogen (secondary N) is 1. The second-order valence-electron chi connectivity index (χ2n) is 6.06. The van der Waals surface area contributed by atoms with E-state index in [1.54, 1.807) is 6.07 Å². The van der Waals surface area contributed by atoms with Crippen molar-refractivity contribution in [2.24, 2.45) is 0 Å². The zero-order valence-corrected chi connectivity index (χ0v) is 16.9. The minimum Gasteiger partial charge on any atom is -0.320 e. The highest BCUT2D eigenvalue weighted by atomic mass is 35.5. The Morgan fingerprint density at radius 1 is 1.07 bits per heavy atom. The Morgan fingerprint density at radius 2 is 1.79 bits per heavy atom. The number of thiazole rings is 1. The Balaban J connectivity index is 1.73. The fourth-order valence-corrected chi connectivity index (χ4v) is 4.31. The molecular weight excluding hydrogens is 433 g/mol. The van der Waals surface area contributed by atoms with Gasteiger partial charge in [0.25, 0.3) is 11.6 Å². The predicted molar refractivity (Wildman–Crippen MR) is 116 cm³/mol. The average molecular weight is 444 g/mol. The Morgan fingerprint density at radius 3 is 2.48 bits per heavy atom. The van der Waals surface area contributed by atoms with Crippen LogP contribution in [0.1, 0.15) is 10.4 Å². The zero-order valence-electron chi connectivity index (χ0n) is 14.6. The number of nitro benzene ring substituents is 1. The zero-order chi connectivity index (χ0) is 20.5. The van der Waals surface area contributed by atoms with Gasteiger partial charge in [0.15, 0.2) is 0 Å². The van der Waals surface area contributed by atoms with E-state index in [2.05, 4.69) is 10.3 Å². The van der Waals surface area contributed by atoms with Crippen molar-refractivity contribution >= 4 is 62.0 Å². The van der Waals surface area contributed by atoms with E-state index >= 15 is 0 Å². The topological polar surface area (TPSA) is 85.1 Å². The normalized spacial score (nSPS) is 10.8. The molecule has 4 aromatic rings. The minimum absolute atomic E-state index is 0.0961. The number of aromatic nitrogens is 1. The van der Waals surface area contributed by atoms with Crippen molar-refractivity contribution in [2.45, 2.75) is 0 Å². The number of carbonyl (C=O) groups is 1. The molecule has 29 heavy (non-hydrogen) atoms. The summed E-state index contributed by atoms with van der Waals surface area (Å²) < 4.78 is 0.992. The first-order valence-electron chi connectivity index (χ1n) is 8.33. The van der Waals surface area contributed by atoms with Crippen LogP contribution in [0.15, 0.2) is 60.7 Å². The Kier molecular flexibility index (Phi) is 5.19. The van der Waals surface area contributed by atoms with Gasteiger partial charge in [0, 0.05) is 28.3 Å². The summed E-state index contributed by atoms with van der Waals surface area (Å²) in [7, 11) is 0. The number of hydrogen-bond donors (Lipinski definition) is 1. The molecule has 0 saturated heterocycles. The number of anilines is 1. The van der Waals surface area contributed by atoms with Crippen molar-refractivity contribution in [2.75, 3.05) is 5.32 Å². The van der Waals surface area contributed by atoms with E-state index in [0.29, 0.717) is 21.3 Å². The van der Waals surface area contributed by atoms with Crippen LogP contribution < -0.4 is 5.32 Å². The minimum atomic E-state index is -0.525. The molecule has 4 rings (SSSR count). The fraction of sp³-hybridized carbons (Fsp3) is 0. The molecule has 9 heteroatoms. The third-order valence-electron chi connectivity index (χ3n) is 4.16. The van der Waals surface area contributed by atoms with Crippen LogP contribution in [-0.4, -0.2) is 15.8 Å². The van der Waals surface area contributed by atoms with E-state index in [9.17, 15) is 14.9 Å². The summed E-state index contributed by atoms with van der Waals surface area (Å²) in [6.45, 7) is 0. The Bertz CT molecular complexity index is 1220. The summed E-state index contributed by atoms with van der Waals surface area (Å²) >= 11 is 14.0. The van der Waals surface area contributed by atoms with Gasteiger partial charge >= 0.3 is 0 Å². The van der Waals surface area contributed by atoms with E-state index in [0.717, 1.165) is 10.2 Å². The third kappa shape index (κ3) is 3.93. The molecule has 0 bridgehead atoms. The summed E-state index contributed by atoms with van der Waals surface area (Å²) in [6, 6.07) is 16.2. The number of benzene rings is 3. The molecule has 0 aliphatic heterocycles. The molecule has 0 radical (unpaired) electrons. The molecule has 6 nitrogen and oxygen atoms in total. The molecule has 0 aliphatic rings. The van der Waals surface area contributed by atoms with Gasteiger partial charge in [0.1, 0.15) is 5.01 Å². The van der Waals surface area contributed by atoms with Crippen molar-refractivity contribution in [3.8, 4) is 10.6 Å². The first-order chi connectivity index (χ1) is 13.9. The highest BCUT2D eigenvalue weighted by molar-refractivity contribution is 7.21. The number of nitrogens with zero attached hydrogens (tertiary/aromatic N) is 2. The number of amides is 1. The van der Waals surface area contributed by atoms with Crippen molar-refractivity contribution in [1.29, 1.82) is 0 Å². The highest BCUT2D eigenvalue weighted by Gasteiger charge is 2.18. The van der Waals surface area contributed by atoms with Gasteiger partial charge < -0.3 is 5.32 Å². The van der Waals surface area contributed by atoms with Crippen LogP contribution >= 0.6 is 34.5 Å². The lowest BCUT2D eigenvalue weighted by Crippen LogP contribution is -2.13. The predicted octanol–water partition coefficient (Wildman–Crippen LogP) is 6.43. The first-order valence-corrected chi connectivity index (χ1v) is 9.90. The lowest BCUT2D eigenvalue weighted by molar-refractivity contribution is -0.384. The quantitative estimate of drug-likeness (QED) is 0.290. The molecule has 1 N–H and O–H groups in total. The SMILES string of the molecule is O=C(Nc1c(Cl)cc(Cl)cc1-c1nc2ccccc2s1)c1ccc([N+](=O)[O-])cc1. The first kappa shape index (κ1) is 19.3. The maximum absolute atomic E-state index is 12.7. The van der Waals surface area contributed by atoms with Gasteiger partial charge in [0.2, 0.25) is 0 Å². The van der Waals surface area contributed by atoms with Gasteiger partial charge in [-0.05, 0) is 36.4 Å². The summed E-state index contributed by atoms with van der Waals surface area (Å²) in [5.41, 5.74) is 1.96. The third-order valence-corrected chi connectivity index (χ3v) is 5.74. The molecule has 0 atom stereocenters. The van der Waals surface area contributed by atoms with Gasteiger partial charge in [-0.15, -0.1) is 11.3 Å². The number of non-ortho nitro benzene ring substituents is 1. The maximum Gasteiger partial charge on any atom is 0.269 e. The standard InChI is InChI=1S/C20H11Cl2N3O3S/c21-12-9-14(20-23-16-3-1-2-4-17(16)29-20)18(15(22)10-12)24-19(26)11-5-7-13(8-6-11)25(27)28/h1-10H,(H,24,26). The molecule has 1 aromatic heterocycles. The van der Waals surface area contributed by atoms with Crippen molar-refractivity contribution in [3.05, 3.63) is 86.4 Å². The summed E-state index contributed by atoms with van der Waals surface area (Å²) in [5, 5.41) is 14.9. The number of para-hydroxylation sites is 1. The van der Waals surface area contributed by atoms with E-state index in [-0.39, 0.29) is 16.3 Å². The molecule has 0 saturated carbocycles. The monoisotopic (exact) mass is 443 g/mol. The summed E-state index contributed by atoms with van der Waals surface area (Å²) in [5.74, 6) is -0.452. The van der Waals surface area contributed by atoms with Crippen molar-refractivity contribution in [1.82, 2.24) is 4.98 Å². The van der Waals surface area contributed by atoms with E-state index in [1.807, 2.05) is 24.3 Å². The van der Waals surface area contributed by atoms with Crippen LogP contribution in [-0.2, 0) is 0 Å². The lowest BCUT2D eigenvalue weighted by atomic mass is 10.1. The number of halogens is 2. The number of fused-ring (bicyclic) bond motifs is 1. The number of rotatable bonds is 4. The molecule has 0 aliphatic carbocycles. The smallest absolute Gasteiger partial charge is 0.269 e. The molecule has 0 unspecified atom stereocenters. The highest BCUT2D eigenvalue weighted by Crippen LogP contribution is 2.40. The maximum atomic E-state index is 12.7. The number of hydrogen-bond acceptors (Lipinski definition) is 5. The van der Waals surface area contributed by atoms with Gasteiger partial charge in [-0.1, -0.05) is 35.3 Å². The Hall–Kier alpha value is -3.00. The van der Waals surface area contributed by atoms with Gasteiger partial charge in [-0.2, -0.15) is 0 Å². The van der Waals surface area contributed by atoms with Gasteiger partial charge in [0.05, 0.1) is 25.8 Å². The molecular formula is C20H11Cl2N3O3S. The largest absolute Gasteiger partial charge is 0.320 e. The van der Waals surface area contributed by atoms with Gasteiger partial charge in [-0.3, -0.25) is 14.9 Å². The van der Waals surface area contributed by atoms with Gasteiger partial charge in [-0.25, -0.2) is 4.98 Å². The number of carbonyl (C=O) groups excluding carboxylic acids is 1.